The van der Waals surface area contributed by atoms with E-state index in [9.17, 15) is 0 Å². The fraction of sp³-hybridized carbons (Fsp3) is 0. The molecule has 3 heterocycles. The van der Waals surface area contributed by atoms with Crippen LogP contribution in [0.1, 0.15) is 0 Å². The van der Waals surface area contributed by atoms with Crippen molar-refractivity contribution in [3.8, 4) is 33.9 Å². The van der Waals surface area contributed by atoms with Gasteiger partial charge in [0.2, 0.25) is 0 Å². The second-order valence-electron chi connectivity index (χ2n) is 7.22. The zero-order valence-electron chi connectivity index (χ0n) is 19.8. The van der Waals surface area contributed by atoms with Crippen molar-refractivity contribution in [3.05, 3.63) is 152 Å². The first-order valence-corrected chi connectivity index (χ1v) is 11.3. The van der Waals surface area contributed by atoms with E-state index in [1.165, 1.54) is 12.7 Å². The molecule has 0 spiro atoms. The predicted molar refractivity (Wildman–Crippen MR) is 141 cm³/mol. The van der Waals surface area contributed by atoms with Gasteiger partial charge in [0.05, 0.1) is 5.82 Å². The van der Waals surface area contributed by atoms with Gasteiger partial charge in [-0.25, -0.2) is 4.98 Å². The van der Waals surface area contributed by atoms with Gasteiger partial charge in [0.15, 0.2) is 0 Å². The fourth-order valence-corrected chi connectivity index (χ4v) is 3.06. The summed E-state index contributed by atoms with van der Waals surface area (Å²) in [5.41, 5.74) is 4.91. The van der Waals surface area contributed by atoms with Gasteiger partial charge in [-0.15, -0.1) is 108 Å². The number of nitrogens with zero attached hydrogens (tertiary/aromatic N) is 5. The van der Waals surface area contributed by atoms with E-state index in [0.717, 1.165) is 28.1 Å². The molecule has 0 amide bonds. The second kappa shape index (κ2) is 15.6. The Morgan fingerprint density at radius 1 is 0.432 bits per heavy atom. The van der Waals surface area contributed by atoms with Crippen LogP contribution in [-0.2, 0) is 20.1 Å². The molecule has 3 aromatic heterocycles. The van der Waals surface area contributed by atoms with E-state index in [0.29, 0.717) is 5.82 Å². The average molecular weight is 657 g/mol. The Balaban J connectivity index is 0.000000152. The normalized spacial score (nSPS) is 9.41. The molecule has 0 aliphatic carbocycles. The van der Waals surface area contributed by atoms with E-state index < -0.39 is 0 Å². The summed E-state index contributed by atoms with van der Waals surface area (Å²) in [5, 5.41) is 0. The molecule has 0 bridgehead atoms. The summed E-state index contributed by atoms with van der Waals surface area (Å²) in [4.78, 5) is 20.2. The van der Waals surface area contributed by atoms with Crippen LogP contribution in [0.3, 0.4) is 0 Å². The molecule has 6 rings (SSSR count). The topological polar surface area (TPSA) is 64.5 Å². The van der Waals surface area contributed by atoms with Gasteiger partial charge in [0.25, 0.3) is 0 Å². The average Bonchev–Trinajstić information content (AvgIpc) is 3.01. The summed E-state index contributed by atoms with van der Waals surface area (Å²) in [7, 11) is 0. The molecule has 0 fully saturated rings. The van der Waals surface area contributed by atoms with E-state index in [2.05, 4.69) is 43.1 Å². The van der Waals surface area contributed by atoms with Crippen molar-refractivity contribution >= 4 is 0 Å². The summed E-state index contributed by atoms with van der Waals surface area (Å²) < 4.78 is 0. The van der Waals surface area contributed by atoms with Crippen molar-refractivity contribution < 1.29 is 20.1 Å². The van der Waals surface area contributed by atoms with Gasteiger partial charge < -0.3 is 9.97 Å². The van der Waals surface area contributed by atoms with E-state index >= 15 is 0 Å². The molecule has 180 valence electrons. The zero-order valence-corrected chi connectivity index (χ0v) is 22.2. The number of rotatable bonds is 3. The van der Waals surface area contributed by atoms with Crippen LogP contribution in [-0.4, -0.2) is 24.9 Å². The van der Waals surface area contributed by atoms with E-state index in [-0.39, 0.29) is 20.1 Å². The summed E-state index contributed by atoms with van der Waals surface area (Å²) >= 11 is 0. The maximum atomic E-state index is 4.22. The number of pyridine rings is 2. The molecule has 0 saturated carbocycles. The van der Waals surface area contributed by atoms with Gasteiger partial charge in [-0.2, -0.15) is 0 Å². The molecule has 0 aliphatic rings. The van der Waals surface area contributed by atoms with Gasteiger partial charge in [0, 0.05) is 12.4 Å². The molecule has 0 radical (unpaired) electrons. The number of benzene rings is 3. The quantitative estimate of drug-likeness (QED) is 0.206. The first-order chi connectivity index (χ1) is 17.9. The third-order valence-corrected chi connectivity index (χ3v) is 4.74. The van der Waals surface area contributed by atoms with E-state index in [4.69, 9.17) is 0 Å². The summed E-state index contributed by atoms with van der Waals surface area (Å²) in [5.74, 6) is 0.658. The number of hydrogen-bond donors (Lipinski definition) is 0. The molecule has 0 aliphatic heterocycles. The minimum Gasteiger partial charge on any atom is -0.305 e. The Labute approximate surface area is 230 Å². The Bertz CT molecular complexity index is 1100. The van der Waals surface area contributed by atoms with E-state index in [1.54, 1.807) is 12.4 Å². The van der Waals surface area contributed by atoms with Crippen molar-refractivity contribution in [1.82, 2.24) is 24.9 Å². The van der Waals surface area contributed by atoms with Crippen molar-refractivity contribution in [2.24, 2.45) is 0 Å². The number of hydrogen-bond acceptors (Lipinski definition) is 5. The largest absolute Gasteiger partial charge is 3.00 e. The fourth-order valence-electron chi connectivity index (χ4n) is 3.06. The molecule has 37 heavy (non-hydrogen) atoms. The van der Waals surface area contributed by atoms with Gasteiger partial charge in [-0.05, 0) is 23.5 Å². The Morgan fingerprint density at radius 2 is 0.865 bits per heavy atom. The van der Waals surface area contributed by atoms with Gasteiger partial charge in [0.1, 0.15) is 12.7 Å². The standard InChI is InChI=1S/2C11H8N.C9H6N3.Ir/c2*1-2-6-10(7-3-1)11-8-4-5-9-12-11;1-2-4-8(5-3-1)9-11-6-10-7-12-9;/h2*1-6,8-9H;1-4,6-7H;/q3*-1;+3. The summed E-state index contributed by atoms with van der Waals surface area (Å²) in [6.07, 6.45) is 6.53. The molecule has 6 heteroatoms. The SMILES string of the molecule is [Ir+3].[c-]1ccccc1-c1ccccn1.[c-]1ccccc1-c1ccccn1.[c-]1ccccc1-c1ncncn1. The van der Waals surface area contributed by atoms with Crippen LogP contribution in [0.5, 0.6) is 0 Å². The molecule has 3 aromatic carbocycles. The molecule has 5 nitrogen and oxygen atoms in total. The zero-order chi connectivity index (χ0) is 24.7. The maximum Gasteiger partial charge on any atom is 3.00 e. The maximum absolute atomic E-state index is 4.22. The molecule has 6 aromatic rings. The third-order valence-electron chi connectivity index (χ3n) is 4.74. The molecular weight excluding hydrogens is 635 g/mol. The van der Waals surface area contributed by atoms with Crippen LogP contribution >= 0.6 is 0 Å². The van der Waals surface area contributed by atoms with E-state index in [1.807, 2.05) is 109 Å². The minimum atomic E-state index is 0. The van der Waals surface area contributed by atoms with Crippen molar-refractivity contribution in [1.29, 1.82) is 0 Å². The molecule has 0 N–H and O–H groups in total. The van der Waals surface area contributed by atoms with Crippen LogP contribution < -0.4 is 0 Å². The molecule has 0 unspecified atom stereocenters. The van der Waals surface area contributed by atoms with Crippen LogP contribution in [0.2, 0.25) is 0 Å². The molecular formula is C31H22IrN5. The summed E-state index contributed by atoms with van der Waals surface area (Å²) in [6, 6.07) is 44.2. The van der Waals surface area contributed by atoms with Gasteiger partial charge in [-0.1, -0.05) is 24.3 Å². The van der Waals surface area contributed by atoms with Crippen LogP contribution in [0.25, 0.3) is 33.9 Å². The van der Waals surface area contributed by atoms with Crippen LogP contribution in [0.4, 0.5) is 0 Å². The Hall–Kier alpha value is -4.38. The first-order valence-electron chi connectivity index (χ1n) is 11.3. The second-order valence-corrected chi connectivity index (χ2v) is 7.22. The van der Waals surface area contributed by atoms with Gasteiger partial charge >= 0.3 is 20.1 Å². The first kappa shape index (κ1) is 27.2. The van der Waals surface area contributed by atoms with Crippen molar-refractivity contribution in [3.63, 3.8) is 0 Å². The number of aromatic nitrogens is 5. The third kappa shape index (κ3) is 8.97. The predicted octanol–water partition coefficient (Wildman–Crippen LogP) is 6.43. The summed E-state index contributed by atoms with van der Waals surface area (Å²) in [6.45, 7) is 0. The molecule has 0 atom stereocenters. The monoisotopic (exact) mass is 657 g/mol. The Kier molecular flexibility index (Phi) is 11.5. The molecule has 0 saturated heterocycles. The van der Waals surface area contributed by atoms with Crippen molar-refractivity contribution in [2.45, 2.75) is 0 Å². The Morgan fingerprint density at radius 3 is 1.24 bits per heavy atom. The van der Waals surface area contributed by atoms with Gasteiger partial charge in [-0.3, -0.25) is 9.97 Å². The van der Waals surface area contributed by atoms with Crippen molar-refractivity contribution in [2.75, 3.05) is 0 Å². The smallest absolute Gasteiger partial charge is 0.305 e. The van der Waals surface area contributed by atoms with Crippen LogP contribution in [0.15, 0.2) is 134 Å². The minimum absolute atomic E-state index is 0. The van der Waals surface area contributed by atoms with Crippen LogP contribution in [0, 0.1) is 18.2 Å².